The molecule has 4 rings (SSSR count). The summed E-state index contributed by atoms with van der Waals surface area (Å²) < 4.78 is 7.06. The molecule has 4 N–H and O–H groups in total. The van der Waals surface area contributed by atoms with Crippen LogP contribution < -0.4 is 10.8 Å². The molecule has 3 aromatic rings. The standard InChI is InChI=1S/C21H22N6O5/c1-11-4-6-12(7-5-11)8-9-13-24-18(26-31-3)14-19(25-13)27(10-23-14)21-16(29)15(28)17(32-21)20(30)22-2/h4-7,10,15-17,21,28-29H,1-3H3,(H,22,30)(H,24,25,26). The maximum atomic E-state index is 12.0. The molecule has 4 unspecified atom stereocenters. The Morgan fingerprint density at radius 1 is 1.19 bits per heavy atom. The Balaban J connectivity index is 1.75. The lowest BCUT2D eigenvalue weighted by Crippen LogP contribution is -2.41. The summed E-state index contributed by atoms with van der Waals surface area (Å²) in [5, 5.41) is 23.2. The van der Waals surface area contributed by atoms with Gasteiger partial charge < -0.3 is 20.3 Å². The number of rotatable bonds is 4. The molecule has 0 aliphatic carbocycles. The van der Waals surface area contributed by atoms with E-state index in [1.165, 1.54) is 25.1 Å². The number of aromatic nitrogens is 4. The third-order valence-corrected chi connectivity index (χ3v) is 5.01. The number of imidazole rings is 1. The molecule has 0 saturated carbocycles. The van der Waals surface area contributed by atoms with Gasteiger partial charge in [0.2, 0.25) is 5.82 Å². The van der Waals surface area contributed by atoms with Gasteiger partial charge in [0, 0.05) is 12.6 Å². The van der Waals surface area contributed by atoms with Crippen LogP contribution in [0.15, 0.2) is 30.6 Å². The first kappa shape index (κ1) is 21.7. The van der Waals surface area contributed by atoms with Gasteiger partial charge in [0.05, 0.1) is 13.4 Å². The first-order valence-corrected chi connectivity index (χ1v) is 9.78. The predicted octanol–water partition coefficient (Wildman–Crippen LogP) is -0.127. The number of aliphatic hydroxyl groups excluding tert-OH is 2. The molecule has 2 aromatic heterocycles. The monoisotopic (exact) mass is 438 g/mol. The van der Waals surface area contributed by atoms with Gasteiger partial charge in [-0.15, -0.1) is 0 Å². The Labute approximate surface area is 183 Å². The highest BCUT2D eigenvalue weighted by molar-refractivity contribution is 5.83. The summed E-state index contributed by atoms with van der Waals surface area (Å²) in [6.45, 7) is 1.99. The van der Waals surface area contributed by atoms with Crippen LogP contribution in [-0.4, -0.2) is 68.1 Å². The Hall–Kier alpha value is -3.56. The van der Waals surface area contributed by atoms with Crippen LogP contribution in [0.4, 0.5) is 5.82 Å². The number of fused-ring (bicyclic) bond motifs is 1. The fourth-order valence-electron chi connectivity index (χ4n) is 3.34. The highest BCUT2D eigenvalue weighted by Crippen LogP contribution is 2.32. The molecular weight excluding hydrogens is 416 g/mol. The fraction of sp³-hybridized carbons (Fsp3) is 0.333. The molecule has 11 heteroatoms. The van der Waals surface area contributed by atoms with E-state index in [0.29, 0.717) is 5.52 Å². The minimum atomic E-state index is -1.42. The average Bonchev–Trinajstić information content (AvgIpc) is 3.34. The maximum absolute atomic E-state index is 12.0. The highest BCUT2D eigenvalue weighted by Gasteiger charge is 2.47. The van der Waals surface area contributed by atoms with Crippen molar-refractivity contribution in [3.8, 4) is 11.8 Å². The fourth-order valence-corrected chi connectivity index (χ4v) is 3.34. The van der Waals surface area contributed by atoms with E-state index in [2.05, 4.69) is 37.6 Å². The van der Waals surface area contributed by atoms with E-state index in [1.807, 2.05) is 31.2 Å². The molecule has 4 atom stereocenters. The Morgan fingerprint density at radius 3 is 2.62 bits per heavy atom. The van der Waals surface area contributed by atoms with Crippen molar-refractivity contribution in [1.29, 1.82) is 0 Å². The van der Waals surface area contributed by atoms with E-state index in [4.69, 9.17) is 9.57 Å². The number of nitrogens with one attached hydrogen (secondary N) is 2. The molecule has 1 saturated heterocycles. The lowest BCUT2D eigenvalue weighted by atomic mass is 10.1. The average molecular weight is 438 g/mol. The molecule has 0 bridgehead atoms. The largest absolute Gasteiger partial charge is 0.387 e. The van der Waals surface area contributed by atoms with Crippen LogP contribution in [0.2, 0.25) is 0 Å². The number of nitrogens with zero attached hydrogens (tertiary/aromatic N) is 4. The highest BCUT2D eigenvalue weighted by atomic mass is 16.6. The van der Waals surface area contributed by atoms with Crippen LogP contribution in [0.25, 0.3) is 11.2 Å². The van der Waals surface area contributed by atoms with Crippen LogP contribution in [0.5, 0.6) is 0 Å². The number of carbonyl (C=O) groups is 1. The minimum absolute atomic E-state index is 0.176. The van der Waals surface area contributed by atoms with E-state index in [1.54, 1.807) is 0 Å². The van der Waals surface area contributed by atoms with Crippen molar-refractivity contribution in [2.24, 2.45) is 0 Å². The van der Waals surface area contributed by atoms with Gasteiger partial charge in [-0.2, -0.15) is 4.98 Å². The van der Waals surface area contributed by atoms with Gasteiger partial charge in [-0.1, -0.05) is 23.6 Å². The Kier molecular flexibility index (Phi) is 6.02. The summed E-state index contributed by atoms with van der Waals surface area (Å²) in [5.74, 6) is 5.80. The molecule has 0 spiro atoms. The lowest BCUT2D eigenvalue weighted by molar-refractivity contribution is -0.137. The normalized spacial score (nSPS) is 22.4. The van der Waals surface area contributed by atoms with E-state index in [-0.39, 0.29) is 17.3 Å². The molecule has 11 nitrogen and oxygen atoms in total. The van der Waals surface area contributed by atoms with Crippen molar-refractivity contribution < 1.29 is 24.6 Å². The number of hydrogen-bond acceptors (Lipinski definition) is 9. The van der Waals surface area contributed by atoms with Crippen molar-refractivity contribution >= 4 is 22.9 Å². The number of benzene rings is 1. The number of amides is 1. The van der Waals surface area contributed by atoms with Crippen molar-refractivity contribution in [1.82, 2.24) is 24.8 Å². The molecule has 166 valence electrons. The molecule has 32 heavy (non-hydrogen) atoms. The van der Waals surface area contributed by atoms with Gasteiger partial charge in [0.1, 0.15) is 12.2 Å². The smallest absolute Gasteiger partial charge is 0.251 e. The van der Waals surface area contributed by atoms with Crippen LogP contribution in [0, 0.1) is 18.8 Å². The zero-order valence-electron chi connectivity index (χ0n) is 17.6. The summed E-state index contributed by atoms with van der Waals surface area (Å²) in [6, 6.07) is 7.69. The minimum Gasteiger partial charge on any atom is -0.387 e. The number of hydrogen-bond donors (Lipinski definition) is 4. The molecule has 1 aromatic carbocycles. The van der Waals surface area contributed by atoms with Gasteiger partial charge in [0.15, 0.2) is 29.3 Å². The predicted molar refractivity (Wildman–Crippen MR) is 113 cm³/mol. The van der Waals surface area contributed by atoms with Crippen molar-refractivity contribution in [3.05, 3.63) is 47.5 Å². The molecule has 1 aliphatic heterocycles. The zero-order valence-corrected chi connectivity index (χ0v) is 17.6. The summed E-state index contributed by atoms with van der Waals surface area (Å²) in [4.78, 5) is 30.0. The second-order valence-corrected chi connectivity index (χ2v) is 7.18. The molecule has 1 fully saturated rings. The molecule has 1 amide bonds. The summed E-state index contributed by atoms with van der Waals surface area (Å²) in [6.07, 6.45) is -3.76. The van der Waals surface area contributed by atoms with Gasteiger partial charge in [0.25, 0.3) is 5.91 Å². The third kappa shape index (κ3) is 4.00. The van der Waals surface area contributed by atoms with E-state index >= 15 is 0 Å². The van der Waals surface area contributed by atoms with E-state index < -0.39 is 30.4 Å². The quantitative estimate of drug-likeness (QED) is 0.323. The lowest BCUT2D eigenvalue weighted by Gasteiger charge is -2.16. The first-order chi connectivity index (χ1) is 15.4. The van der Waals surface area contributed by atoms with Gasteiger partial charge in [-0.25, -0.2) is 15.4 Å². The van der Waals surface area contributed by atoms with Crippen molar-refractivity contribution in [3.63, 3.8) is 0 Å². The van der Waals surface area contributed by atoms with Crippen molar-refractivity contribution in [2.45, 2.75) is 31.5 Å². The number of carbonyl (C=O) groups excluding carboxylic acids is 1. The maximum Gasteiger partial charge on any atom is 0.251 e. The molecule has 0 radical (unpaired) electrons. The van der Waals surface area contributed by atoms with Crippen LogP contribution in [0.1, 0.15) is 23.2 Å². The summed E-state index contributed by atoms with van der Waals surface area (Å²) >= 11 is 0. The van der Waals surface area contributed by atoms with Crippen LogP contribution in [-0.2, 0) is 14.4 Å². The SMILES string of the molecule is CNC(=O)C1OC(n2cnc3c(NOC)nc(C#Cc4ccc(C)cc4)nc32)C(O)C1O. The number of aliphatic hydroxyl groups is 2. The van der Waals surface area contributed by atoms with Gasteiger partial charge in [-0.3, -0.25) is 14.2 Å². The molecular formula is C21H22N6O5. The number of anilines is 1. The summed E-state index contributed by atoms with van der Waals surface area (Å²) in [5.41, 5.74) is 5.17. The van der Waals surface area contributed by atoms with E-state index in [0.717, 1.165) is 11.1 Å². The Bertz CT molecular complexity index is 1200. The zero-order chi connectivity index (χ0) is 22.8. The molecule has 1 aliphatic rings. The second kappa shape index (κ2) is 8.89. The number of ether oxygens (including phenoxy) is 1. The Morgan fingerprint density at radius 2 is 1.94 bits per heavy atom. The second-order valence-electron chi connectivity index (χ2n) is 7.18. The topological polar surface area (TPSA) is 144 Å². The number of likely N-dealkylation sites (N-methyl/N-ethyl adjacent to an activating group) is 1. The summed E-state index contributed by atoms with van der Waals surface area (Å²) in [7, 11) is 2.84. The number of aryl methyl sites for hydroxylation is 1. The third-order valence-electron chi connectivity index (χ3n) is 5.01. The van der Waals surface area contributed by atoms with Gasteiger partial charge in [-0.05, 0) is 25.0 Å². The first-order valence-electron chi connectivity index (χ1n) is 9.78. The van der Waals surface area contributed by atoms with E-state index in [9.17, 15) is 15.0 Å². The molecule has 3 heterocycles. The van der Waals surface area contributed by atoms with Crippen molar-refractivity contribution in [2.75, 3.05) is 19.6 Å². The van der Waals surface area contributed by atoms with Crippen LogP contribution in [0.3, 0.4) is 0 Å². The van der Waals surface area contributed by atoms with Crippen LogP contribution >= 0.6 is 0 Å². The van der Waals surface area contributed by atoms with Gasteiger partial charge >= 0.3 is 0 Å².